The zero-order valence-electron chi connectivity index (χ0n) is 12.0. The Bertz CT molecular complexity index is 506. The normalized spacial score (nSPS) is 15.8. The molecule has 0 aliphatic carbocycles. The molecule has 1 aromatic heterocycles. The third-order valence-electron chi connectivity index (χ3n) is 3.67. The van der Waals surface area contributed by atoms with Gasteiger partial charge in [-0.25, -0.2) is 9.48 Å². The lowest BCUT2D eigenvalue weighted by atomic mass is 10.2. The number of amides is 1. The van der Waals surface area contributed by atoms with Gasteiger partial charge >= 0.3 is 5.97 Å². The van der Waals surface area contributed by atoms with Gasteiger partial charge in [0.2, 0.25) is 5.91 Å². The molecule has 0 bridgehead atoms. The molecule has 21 heavy (non-hydrogen) atoms. The van der Waals surface area contributed by atoms with Crippen molar-refractivity contribution in [1.29, 1.82) is 0 Å². The highest BCUT2D eigenvalue weighted by molar-refractivity contribution is 5.86. The first-order chi connectivity index (χ1) is 10.1. The molecule has 0 spiro atoms. The molecule has 3 N–H and O–H groups in total. The van der Waals surface area contributed by atoms with Gasteiger partial charge in [-0.15, -0.1) is 5.10 Å². The van der Waals surface area contributed by atoms with Gasteiger partial charge in [-0.05, 0) is 19.4 Å². The van der Waals surface area contributed by atoms with Gasteiger partial charge in [0, 0.05) is 19.5 Å². The lowest BCUT2D eigenvalue weighted by Crippen LogP contribution is -2.35. The quantitative estimate of drug-likeness (QED) is 0.782. The third-order valence-corrected chi connectivity index (χ3v) is 3.67. The molecule has 0 unspecified atom stereocenters. The molecule has 1 aliphatic rings. The lowest BCUT2D eigenvalue weighted by molar-refractivity contribution is -0.132. The number of carbonyl (C=O) groups is 2. The summed E-state index contributed by atoms with van der Waals surface area (Å²) in [5.74, 6) is -1.19. The highest BCUT2D eigenvalue weighted by atomic mass is 16.4. The van der Waals surface area contributed by atoms with E-state index in [9.17, 15) is 9.59 Å². The Kier molecular flexibility index (Phi) is 5.26. The molecule has 0 radical (unpaired) electrons. The fourth-order valence-corrected chi connectivity index (χ4v) is 2.56. The number of aromatic carboxylic acids is 1. The maximum atomic E-state index is 12.3. The second kappa shape index (κ2) is 7.16. The van der Waals surface area contributed by atoms with E-state index in [2.05, 4.69) is 10.3 Å². The molecule has 8 heteroatoms. The van der Waals surface area contributed by atoms with Gasteiger partial charge in [0.05, 0.1) is 5.69 Å². The van der Waals surface area contributed by atoms with Gasteiger partial charge < -0.3 is 15.7 Å². The van der Waals surface area contributed by atoms with E-state index in [1.807, 2.05) is 4.90 Å². The molecule has 0 atom stereocenters. The molecule has 1 aliphatic heterocycles. The van der Waals surface area contributed by atoms with E-state index in [1.165, 1.54) is 4.68 Å². The first-order valence-electron chi connectivity index (χ1n) is 7.27. The summed E-state index contributed by atoms with van der Waals surface area (Å²) in [5.41, 5.74) is 5.78. The van der Waals surface area contributed by atoms with Crippen molar-refractivity contribution in [1.82, 2.24) is 19.9 Å². The minimum absolute atomic E-state index is 0.0234. The first-order valence-corrected chi connectivity index (χ1v) is 7.27. The predicted molar refractivity (Wildman–Crippen MR) is 74.8 cm³/mol. The number of aromatic nitrogens is 3. The summed E-state index contributed by atoms with van der Waals surface area (Å²) in [6.07, 6.45) is 4.66. The zero-order valence-corrected chi connectivity index (χ0v) is 12.0. The van der Waals surface area contributed by atoms with E-state index in [-0.39, 0.29) is 24.7 Å². The van der Waals surface area contributed by atoms with Gasteiger partial charge in [0.15, 0.2) is 5.69 Å². The van der Waals surface area contributed by atoms with Crippen LogP contribution in [-0.4, -0.2) is 56.5 Å². The van der Waals surface area contributed by atoms with Crippen LogP contribution in [0.2, 0.25) is 0 Å². The number of nitrogens with two attached hydrogens (primary N) is 1. The van der Waals surface area contributed by atoms with Crippen LogP contribution in [0, 0.1) is 0 Å². The van der Waals surface area contributed by atoms with Gasteiger partial charge in [-0.2, -0.15) is 0 Å². The number of hydrogen-bond acceptors (Lipinski definition) is 5. The van der Waals surface area contributed by atoms with Gasteiger partial charge in [-0.1, -0.05) is 18.1 Å². The highest BCUT2D eigenvalue weighted by Gasteiger charge is 2.22. The largest absolute Gasteiger partial charge is 0.476 e. The molecular formula is C13H21N5O3. The number of likely N-dealkylation sites (tertiary alicyclic amines) is 1. The molecule has 1 saturated heterocycles. The second-order valence-corrected chi connectivity index (χ2v) is 5.18. The standard InChI is InChI=1S/C13H21N5O3/c14-6-5-10-12(13(20)21)15-16-18(10)9-11(19)17-7-3-1-2-4-8-17/h1-9,14H2,(H,20,21). The minimum Gasteiger partial charge on any atom is -0.476 e. The summed E-state index contributed by atoms with van der Waals surface area (Å²) in [7, 11) is 0. The number of carbonyl (C=O) groups excluding carboxylic acids is 1. The molecule has 2 heterocycles. The van der Waals surface area contributed by atoms with Crippen LogP contribution in [0.1, 0.15) is 41.9 Å². The Balaban J connectivity index is 2.10. The van der Waals surface area contributed by atoms with Crippen LogP contribution in [-0.2, 0) is 17.8 Å². The Hall–Kier alpha value is -1.96. The maximum absolute atomic E-state index is 12.3. The van der Waals surface area contributed by atoms with Gasteiger partial charge in [-0.3, -0.25) is 4.79 Å². The minimum atomic E-state index is -1.15. The van der Waals surface area contributed by atoms with E-state index in [0.717, 1.165) is 38.8 Å². The smallest absolute Gasteiger partial charge is 0.358 e. The summed E-state index contributed by atoms with van der Waals surface area (Å²) in [6, 6.07) is 0. The van der Waals surface area contributed by atoms with Crippen molar-refractivity contribution >= 4 is 11.9 Å². The summed E-state index contributed by atoms with van der Waals surface area (Å²) >= 11 is 0. The van der Waals surface area contributed by atoms with Crippen LogP contribution in [0.25, 0.3) is 0 Å². The topological polar surface area (TPSA) is 114 Å². The van der Waals surface area contributed by atoms with E-state index in [4.69, 9.17) is 10.8 Å². The van der Waals surface area contributed by atoms with E-state index < -0.39 is 5.97 Å². The van der Waals surface area contributed by atoms with Crippen LogP contribution >= 0.6 is 0 Å². The molecule has 2 rings (SSSR count). The number of nitrogens with zero attached hydrogens (tertiary/aromatic N) is 4. The van der Waals surface area contributed by atoms with Crippen LogP contribution < -0.4 is 5.73 Å². The first kappa shape index (κ1) is 15.4. The summed E-state index contributed by atoms with van der Waals surface area (Å²) in [6.45, 7) is 1.82. The van der Waals surface area contributed by atoms with Crippen molar-refractivity contribution in [3.05, 3.63) is 11.4 Å². The number of hydrogen-bond donors (Lipinski definition) is 2. The predicted octanol–water partition coefficient (Wildman–Crippen LogP) is -0.120. The van der Waals surface area contributed by atoms with Crippen molar-refractivity contribution in [2.24, 2.45) is 5.73 Å². The van der Waals surface area contributed by atoms with Crippen molar-refractivity contribution in [2.45, 2.75) is 38.6 Å². The molecular weight excluding hydrogens is 274 g/mol. The number of carboxylic acid groups (broad SMARTS) is 1. The lowest BCUT2D eigenvalue weighted by Gasteiger charge is -2.20. The molecule has 1 amide bonds. The Labute approximate surface area is 122 Å². The van der Waals surface area contributed by atoms with Crippen LogP contribution in [0.4, 0.5) is 0 Å². The Morgan fingerprint density at radius 2 is 1.86 bits per heavy atom. The van der Waals surface area contributed by atoms with Crippen LogP contribution in [0.5, 0.6) is 0 Å². The summed E-state index contributed by atoms with van der Waals surface area (Å²) in [5, 5.41) is 16.5. The second-order valence-electron chi connectivity index (χ2n) is 5.18. The number of carboxylic acids is 1. The van der Waals surface area contributed by atoms with Gasteiger partial charge in [0.1, 0.15) is 6.54 Å². The van der Waals surface area contributed by atoms with Gasteiger partial charge in [0.25, 0.3) is 0 Å². The van der Waals surface area contributed by atoms with Crippen molar-refractivity contribution in [3.8, 4) is 0 Å². The van der Waals surface area contributed by atoms with Crippen LogP contribution in [0.3, 0.4) is 0 Å². The summed E-state index contributed by atoms with van der Waals surface area (Å²) in [4.78, 5) is 25.2. The monoisotopic (exact) mass is 295 g/mol. The highest BCUT2D eigenvalue weighted by Crippen LogP contribution is 2.12. The van der Waals surface area contributed by atoms with E-state index in [1.54, 1.807) is 0 Å². The van der Waals surface area contributed by atoms with Crippen molar-refractivity contribution in [3.63, 3.8) is 0 Å². The zero-order chi connectivity index (χ0) is 15.2. The number of rotatable bonds is 5. The fourth-order valence-electron chi connectivity index (χ4n) is 2.56. The Morgan fingerprint density at radius 1 is 1.19 bits per heavy atom. The Morgan fingerprint density at radius 3 is 2.43 bits per heavy atom. The molecule has 0 saturated carbocycles. The average Bonchev–Trinajstić information content (AvgIpc) is 2.68. The van der Waals surface area contributed by atoms with Crippen molar-refractivity contribution in [2.75, 3.05) is 19.6 Å². The molecule has 0 aromatic carbocycles. The molecule has 1 aromatic rings. The van der Waals surface area contributed by atoms with E-state index in [0.29, 0.717) is 12.1 Å². The van der Waals surface area contributed by atoms with Crippen molar-refractivity contribution < 1.29 is 14.7 Å². The summed E-state index contributed by atoms with van der Waals surface area (Å²) < 4.78 is 1.36. The maximum Gasteiger partial charge on any atom is 0.358 e. The average molecular weight is 295 g/mol. The van der Waals surface area contributed by atoms with Crippen LogP contribution in [0.15, 0.2) is 0 Å². The molecule has 116 valence electrons. The fraction of sp³-hybridized carbons (Fsp3) is 0.692. The SMILES string of the molecule is NCCc1c(C(=O)O)nnn1CC(=O)N1CCCCCC1. The molecule has 1 fully saturated rings. The molecule has 8 nitrogen and oxygen atoms in total. The third kappa shape index (κ3) is 3.78. The van der Waals surface area contributed by atoms with E-state index >= 15 is 0 Å².